The molecule has 3 rings (SSSR count). The Morgan fingerprint density at radius 1 is 0.667 bits per heavy atom. The van der Waals surface area contributed by atoms with Crippen LogP contribution in [0.1, 0.15) is 43.0 Å². The van der Waals surface area contributed by atoms with Gasteiger partial charge in [0.25, 0.3) is 0 Å². The second-order valence-electron chi connectivity index (χ2n) is 5.56. The fourth-order valence-corrected chi connectivity index (χ4v) is 2.81. The van der Waals surface area contributed by atoms with Crippen molar-refractivity contribution >= 4 is 23.5 Å². The van der Waals surface area contributed by atoms with E-state index < -0.39 is 17.7 Å². The summed E-state index contributed by atoms with van der Waals surface area (Å²) in [5.41, 5.74) is 1.61. The monoisotopic (exact) mass is 324 g/mol. The molecule has 2 N–H and O–H groups in total. The molecule has 0 atom stereocenters. The number of carboxylic acid groups (broad SMARTS) is 2. The maximum atomic E-state index is 12.7. The van der Waals surface area contributed by atoms with Gasteiger partial charge in [0.05, 0.1) is 12.8 Å². The Hall–Kier alpha value is -3.28. The second kappa shape index (κ2) is 5.73. The van der Waals surface area contributed by atoms with E-state index in [9.17, 15) is 19.2 Å². The van der Waals surface area contributed by atoms with Crippen molar-refractivity contribution < 1.29 is 29.4 Å². The Bertz CT molecular complexity index is 838. The molecule has 120 valence electrons. The van der Waals surface area contributed by atoms with E-state index in [0.717, 1.165) is 0 Å². The van der Waals surface area contributed by atoms with E-state index in [1.54, 1.807) is 0 Å². The number of fused-ring (bicyclic) bond motifs is 2. The highest BCUT2D eigenvalue weighted by molar-refractivity contribution is 6.28. The third-order valence-corrected chi connectivity index (χ3v) is 3.86. The van der Waals surface area contributed by atoms with Gasteiger partial charge in [-0.2, -0.15) is 0 Å². The summed E-state index contributed by atoms with van der Waals surface area (Å²) in [4.78, 5) is 46.9. The number of aliphatic carboxylic acids is 2. The van der Waals surface area contributed by atoms with E-state index in [0.29, 0.717) is 11.1 Å². The Morgan fingerprint density at radius 2 is 1.04 bits per heavy atom. The summed E-state index contributed by atoms with van der Waals surface area (Å²) < 4.78 is 0. The van der Waals surface area contributed by atoms with E-state index in [1.807, 2.05) is 0 Å². The number of hydrogen-bond donors (Lipinski definition) is 2. The summed E-state index contributed by atoms with van der Waals surface area (Å²) >= 11 is 0. The lowest BCUT2D eigenvalue weighted by molar-refractivity contribution is -0.137. The van der Waals surface area contributed by atoms with Crippen LogP contribution < -0.4 is 0 Å². The van der Waals surface area contributed by atoms with Crippen LogP contribution in [0.25, 0.3) is 0 Å². The predicted octanol–water partition coefficient (Wildman–Crippen LogP) is 1.72. The van der Waals surface area contributed by atoms with Crippen LogP contribution in [0.5, 0.6) is 0 Å². The molecule has 6 heteroatoms. The molecule has 2 aromatic carbocycles. The fourth-order valence-electron chi connectivity index (χ4n) is 2.81. The number of ketones is 2. The molecule has 1 aliphatic rings. The maximum absolute atomic E-state index is 12.7. The number of carboxylic acids is 2. The molecular weight excluding hydrogens is 312 g/mol. The third kappa shape index (κ3) is 2.69. The topological polar surface area (TPSA) is 109 Å². The Kier molecular flexibility index (Phi) is 3.73. The van der Waals surface area contributed by atoms with Crippen molar-refractivity contribution in [3.05, 3.63) is 69.8 Å². The zero-order chi connectivity index (χ0) is 17.4. The summed E-state index contributed by atoms with van der Waals surface area (Å²) in [7, 11) is 0. The highest BCUT2D eigenvalue weighted by Crippen LogP contribution is 2.29. The first-order valence-corrected chi connectivity index (χ1v) is 7.15. The Balaban J connectivity index is 2.09. The van der Waals surface area contributed by atoms with Crippen molar-refractivity contribution in [2.45, 2.75) is 12.8 Å². The Morgan fingerprint density at radius 3 is 1.42 bits per heavy atom. The van der Waals surface area contributed by atoms with E-state index in [4.69, 9.17) is 10.2 Å². The van der Waals surface area contributed by atoms with Gasteiger partial charge < -0.3 is 10.2 Å². The first kappa shape index (κ1) is 15.6. The van der Waals surface area contributed by atoms with E-state index >= 15 is 0 Å². The van der Waals surface area contributed by atoms with Gasteiger partial charge in [0, 0.05) is 22.3 Å². The highest BCUT2D eigenvalue weighted by atomic mass is 16.4. The quantitative estimate of drug-likeness (QED) is 0.756. The molecule has 0 spiro atoms. The number of rotatable bonds is 4. The van der Waals surface area contributed by atoms with Crippen LogP contribution >= 0.6 is 0 Å². The molecule has 0 bridgehead atoms. The molecule has 0 amide bonds. The molecule has 24 heavy (non-hydrogen) atoms. The molecule has 0 radical (unpaired) electrons. The van der Waals surface area contributed by atoms with Gasteiger partial charge in [-0.05, 0) is 23.3 Å². The van der Waals surface area contributed by atoms with Gasteiger partial charge in [-0.3, -0.25) is 19.2 Å². The minimum Gasteiger partial charge on any atom is -0.481 e. The SMILES string of the molecule is O=C(O)Cc1ccc2c(c1)C(=O)c1cc(CC(=O)O)ccc1C2=O. The van der Waals surface area contributed by atoms with Crippen LogP contribution in [0.15, 0.2) is 36.4 Å². The molecule has 0 heterocycles. The molecule has 0 aromatic heterocycles. The fraction of sp³-hybridized carbons (Fsp3) is 0.111. The van der Waals surface area contributed by atoms with Crippen LogP contribution in [-0.2, 0) is 22.4 Å². The molecule has 0 saturated carbocycles. The van der Waals surface area contributed by atoms with Crippen LogP contribution in [0.2, 0.25) is 0 Å². The van der Waals surface area contributed by atoms with Crippen LogP contribution in [0.3, 0.4) is 0 Å². The average Bonchev–Trinajstić information content (AvgIpc) is 2.51. The minimum absolute atomic E-state index is 0.152. The smallest absolute Gasteiger partial charge is 0.307 e. The lowest BCUT2D eigenvalue weighted by atomic mass is 9.82. The zero-order valence-corrected chi connectivity index (χ0v) is 12.4. The highest BCUT2D eigenvalue weighted by Gasteiger charge is 2.30. The molecule has 0 aliphatic heterocycles. The van der Waals surface area contributed by atoms with Crippen molar-refractivity contribution in [2.75, 3.05) is 0 Å². The van der Waals surface area contributed by atoms with Gasteiger partial charge >= 0.3 is 11.9 Å². The lowest BCUT2D eigenvalue weighted by Gasteiger charge is -2.18. The first-order valence-electron chi connectivity index (χ1n) is 7.15. The zero-order valence-electron chi connectivity index (χ0n) is 12.4. The standard InChI is InChI=1S/C18H12O6/c19-15(20)7-9-1-3-11-13(5-9)18(24)14-6-10(8-16(21)22)2-4-12(14)17(11)23/h1-6H,7-8H2,(H,19,20)(H,21,22). The summed E-state index contributed by atoms with van der Waals surface area (Å²) in [6.45, 7) is 0. The minimum atomic E-state index is -1.03. The van der Waals surface area contributed by atoms with Crippen LogP contribution in [-0.4, -0.2) is 33.7 Å². The van der Waals surface area contributed by atoms with Crippen LogP contribution in [0, 0.1) is 0 Å². The molecule has 6 nitrogen and oxygen atoms in total. The summed E-state index contributed by atoms with van der Waals surface area (Å²) in [5.74, 6) is -2.80. The van der Waals surface area contributed by atoms with Gasteiger partial charge in [-0.1, -0.05) is 24.3 Å². The molecule has 0 unspecified atom stereocenters. The van der Waals surface area contributed by atoms with Crippen molar-refractivity contribution in [3.8, 4) is 0 Å². The number of carbonyl (C=O) groups is 4. The van der Waals surface area contributed by atoms with Crippen molar-refractivity contribution in [3.63, 3.8) is 0 Å². The van der Waals surface area contributed by atoms with E-state index in [1.165, 1.54) is 36.4 Å². The second-order valence-corrected chi connectivity index (χ2v) is 5.56. The molecular formula is C18H12O6. The normalized spacial score (nSPS) is 12.5. The third-order valence-electron chi connectivity index (χ3n) is 3.86. The van der Waals surface area contributed by atoms with Gasteiger partial charge in [0.2, 0.25) is 0 Å². The van der Waals surface area contributed by atoms with Crippen LogP contribution in [0.4, 0.5) is 0 Å². The predicted molar refractivity (Wildman–Crippen MR) is 82.4 cm³/mol. The number of carbonyl (C=O) groups excluding carboxylic acids is 2. The first-order chi connectivity index (χ1) is 11.4. The summed E-state index contributed by atoms with van der Waals surface area (Å²) in [5, 5.41) is 17.7. The van der Waals surface area contributed by atoms with E-state index in [2.05, 4.69) is 0 Å². The van der Waals surface area contributed by atoms with Gasteiger partial charge in [0.1, 0.15) is 0 Å². The van der Waals surface area contributed by atoms with E-state index in [-0.39, 0.29) is 40.9 Å². The molecule has 2 aromatic rings. The molecule has 0 fully saturated rings. The van der Waals surface area contributed by atoms with Crippen molar-refractivity contribution in [1.29, 1.82) is 0 Å². The van der Waals surface area contributed by atoms with Gasteiger partial charge in [-0.25, -0.2) is 0 Å². The number of hydrogen-bond acceptors (Lipinski definition) is 4. The largest absolute Gasteiger partial charge is 0.481 e. The summed E-state index contributed by atoms with van der Waals surface area (Å²) in [6.07, 6.45) is -0.499. The van der Waals surface area contributed by atoms with Crippen molar-refractivity contribution in [1.82, 2.24) is 0 Å². The summed E-state index contributed by atoms with van der Waals surface area (Å²) in [6, 6.07) is 8.78. The average molecular weight is 324 g/mol. The Labute approximate surface area is 136 Å². The van der Waals surface area contributed by atoms with Gasteiger partial charge in [0.15, 0.2) is 11.6 Å². The number of benzene rings is 2. The van der Waals surface area contributed by atoms with Gasteiger partial charge in [-0.15, -0.1) is 0 Å². The van der Waals surface area contributed by atoms with Crippen molar-refractivity contribution in [2.24, 2.45) is 0 Å². The molecule has 0 saturated heterocycles. The molecule has 1 aliphatic carbocycles. The lowest BCUT2D eigenvalue weighted by Crippen LogP contribution is -2.22. The maximum Gasteiger partial charge on any atom is 0.307 e.